The Morgan fingerprint density at radius 1 is 1.82 bits per heavy atom. The first-order chi connectivity index (χ1) is 5.15. The van der Waals surface area contributed by atoms with Gasteiger partial charge in [0.15, 0.2) is 0 Å². The monoisotopic (exact) mass is 173 g/mol. The van der Waals surface area contributed by atoms with E-state index in [4.69, 9.17) is 18.0 Å². The number of nitrogens with two attached hydrogens (primary N) is 1. The van der Waals surface area contributed by atoms with Crippen molar-refractivity contribution in [3.8, 4) is 0 Å². The number of carbonyl (C=O) groups is 1. The van der Waals surface area contributed by atoms with Gasteiger partial charge >= 0.3 is 5.97 Å². The van der Waals surface area contributed by atoms with Gasteiger partial charge in [0.2, 0.25) is 0 Å². The first-order valence-electron chi connectivity index (χ1n) is 3.51. The molecule has 1 aliphatic rings. The van der Waals surface area contributed by atoms with Crippen LogP contribution < -0.4 is 5.73 Å². The molecule has 0 heterocycles. The van der Waals surface area contributed by atoms with Crippen LogP contribution in [-0.4, -0.2) is 18.1 Å². The molecule has 0 spiro atoms. The van der Waals surface area contributed by atoms with E-state index >= 15 is 0 Å². The van der Waals surface area contributed by atoms with E-state index in [0.717, 1.165) is 6.42 Å². The predicted molar refractivity (Wildman–Crippen MR) is 45.0 cm³/mol. The summed E-state index contributed by atoms with van der Waals surface area (Å²) in [6.45, 7) is 0. The van der Waals surface area contributed by atoms with Crippen LogP contribution in [0.5, 0.6) is 0 Å². The third kappa shape index (κ3) is 2.15. The summed E-state index contributed by atoms with van der Waals surface area (Å²) in [5, 5.41) is 0. The third-order valence-corrected chi connectivity index (χ3v) is 2.25. The van der Waals surface area contributed by atoms with Crippen LogP contribution in [0.25, 0.3) is 0 Å². The van der Waals surface area contributed by atoms with Crippen LogP contribution >= 0.6 is 12.2 Å². The fourth-order valence-electron chi connectivity index (χ4n) is 1.12. The van der Waals surface area contributed by atoms with E-state index in [9.17, 15) is 4.79 Å². The summed E-state index contributed by atoms with van der Waals surface area (Å²) in [4.78, 5) is 11.3. The Labute approximate surface area is 70.9 Å². The van der Waals surface area contributed by atoms with Crippen molar-refractivity contribution < 1.29 is 9.53 Å². The first-order valence-corrected chi connectivity index (χ1v) is 3.92. The van der Waals surface area contributed by atoms with E-state index in [0.29, 0.717) is 17.3 Å². The molecule has 0 saturated heterocycles. The predicted octanol–water partition coefficient (Wildman–Crippen LogP) is 0.472. The van der Waals surface area contributed by atoms with E-state index < -0.39 is 0 Å². The molecule has 1 rings (SSSR count). The molecule has 2 unspecified atom stereocenters. The average Bonchev–Trinajstić information content (AvgIpc) is 2.67. The third-order valence-electron chi connectivity index (χ3n) is 1.94. The van der Waals surface area contributed by atoms with Gasteiger partial charge in [-0.05, 0) is 12.3 Å². The van der Waals surface area contributed by atoms with Crippen LogP contribution in [0.2, 0.25) is 0 Å². The molecule has 0 aliphatic heterocycles. The van der Waals surface area contributed by atoms with Gasteiger partial charge in [-0.25, -0.2) is 0 Å². The normalized spacial score (nSPS) is 27.7. The minimum absolute atomic E-state index is 0.172. The summed E-state index contributed by atoms with van der Waals surface area (Å²) in [7, 11) is 1.39. The molecule has 3 nitrogen and oxygen atoms in total. The molecule has 0 radical (unpaired) electrons. The van der Waals surface area contributed by atoms with Gasteiger partial charge in [0.25, 0.3) is 0 Å². The second-order valence-corrected chi connectivity index (χ2v) is 3.26. The summed E-state index contributed by atoms with van der Waals surface area (Å²) in [6, 6.07) is 0. The van der Waals surface area contributed by atoms with Gasteiger partial charge in [-0.2, -0.15) is 0 Å². The number of carbonyl (C=O) groups excluding carboxylic acids is 1. The number of thiocarbonyl (C=S) groups is 1. The van der Waals surface area contributed by atoms with Crippen molar-refractivity contribution in [2.45, 2.75) is 12.8 Å². The molecule has 0 aromatic carbocycles. The number of rotatable bonds is 3. The quantitative estimate of drug-likeness (QED) is 0.498. The topological polar surface area (TPSA) is 52.3 Å². The summed E-state index contributed by atoms with van der Waals surface area (Å²) >= 11 is 4.77. The minimum atomic E-state index is -0.172. The summed E-state index contributed by atoms with van der Waals surface area (Å²) in [6.07, 6.45) is 1.41. The molecule has 4 heteroatoms. The second-order valence-electron chi connectivity index (χ2n) is 2.78. The van der Waals surface area contributed by atoms with Gasteiger partial charge in [0, 0.05) is 12.3 Å². The lowest BCUT2D eigenvalue weighted by molar-refractivity contribution is -0.141. The zero-order valence-corrected chi connectivity index (χ0v) is 7.19. The van der Waals surface area contributed by atoms with Gasteiger partial charge in [-0.3, -0.25) is 4.79 Å². The van der Waals surface area contributed by atoms with Gasteiger partial charge < -0.3 is 10.5 Å². The van der Waals surface area contributed by atoms with Crippen molar-refractivity contribution >= 4 is 23.2 Å². The van der Waals surface area contributed by atoms with E-state index in [1.54, 1.807) is 0 Å². The van der Waals surface area contributed by atoms with Gasteiger partial charge in [-0.15, -0.1) is 0 Å². The Hall–Kier alpha value is -0.640. The summed E-state index contributed by atoms with van der Waals surface area (Å²) in [5.41, 5.74) is 5.38. The Kier molecular flexibility index (Phi) is 2.44. The Balaban J connectivity index is 2.23. The van der Waals surface area contributed by atoms with Gasteiger partial charge in [0.1, 0.15) is 0 Å². The van der Waals surface area contributed by atoms with Crippen LogP contribution in [0.15, 0.2) is 0 Å². The molecule has 62 valence electrons. The maximum Gasteiger partial charge on any atom is 0.305 e. The van der Waals surface area contributed by atoms with Crippen molar-refractivity contribution in [1.29, 1.82) is 0 Å². The first kappa shape index (κ1) is 8.46. The lowest BCUT2D eigenvalue weighted by atomic mass is 10.2. The highest BCUT2D eigenvalue weighted by Gasteiger charge is 2.40. The molecule has 0 amide bonds. The number of hydrogen-bond donors (Lipinski definition) is 1. The van der Waals surface area contributed by atoms with Crippen molar-refractivity contribution in [2.75, 3.05) is 7.11 Å². The fourth-order valence-corrected chi connectivity index (χ4v) is 1.41. The maximum absolute atomic E-state index is 10.7. The van der Waals surface area contributed by atoms with Crippen LogP contribution in [0, 0.1) is 11.8 Å². The van der Waals surface area contributed by atoms with E-state index in [1.165, 1.54) is 7.11 Å². The molecule has 0 aromatic rings. The number of hydrogen-bond acceptors (Lipinski definition) is 3. The molecular weight excluding hydrogens is 162 g/mol. The summed E-state index contributed by atoms with van der Waals surface area (Å²) < 4.78 is 4.51. The van der Waals surface area contributed by atoms with Crippen molar-refractivity contribution in [3.63, 3.8) is 0 Å². The zero-order chi connectivity index (χ0) is 8.43. The number of esters is 1. The van der Waals surface area contributed by atoms with Crippen LogP contribution in [0.1, 0.15) is 12.8 Å². The Bertz CT molecular complexity index is 193. The van der Waals surface area contributed by atoms with Crippen LogP contribution in [0.4, 0.5) is 0 Å². The highest BCUT2D eigenvalue weighted by molar-refractivity contribution is 7.80. The second kappa shape index (κ2) is 3.17. The molecular formula is C7H11NO2S. The SMILES string of the molecule is COC(=O)CC1CC1C(N)=S. The van der Waals surface area contributed by atoms with Gasteiger partial charge in [0.05, 0.1) is 12.1 Å². The lowest BCUT2D eigenvalue weighted by Crippen LogP contribution is -2.12. The van der Waals surface area contributed by atoms with Gasteiger partial charge in [-0.1, -0.05) is 12.2 Å². The van der Waals surface area contributed by atoms with E-state index in [2.05, 4.69) is 4.74 Å². The molecule has 1 fully saturated rings. The molecule has 0 bridgehead atoms. The number of ether oxygens (including phenoxy) is 1. The Morgan fingerprint density at radius 2 is 2.45 bits per heavy atom. The highest BCUT2D eigenvalue weighted by atomic mass is 32.1. The standard InChI is InChI=1S/C7H11NO2S/c1-10-6(9)3-4-2-5(4)7(8)11/h4-5H,2-3H2,1H3,(H2,8,11). The maximum atomic E-state index is 10.7. The minimum Gasteiger partial charge on any atom is -0.469 e. The smallest absolute Gasteiger partial charge is 0.305 e. The molecule has 0 aromatic heterocycles. The van der Waals surface area contributed by atoms with Crippen LogP contribution in [0.3, 0.4) is 0 Å². The van der Waals surface area contributed by atoms with Crippen LogP contribution in [-0.2, 0) is 9.53 Å². The Morgan fingerprint density at radius 3 is 2.82 bits per heavy atom. The average molecular weight is 173 g/mol. The zero-order valence-electron chi connectivity index (χ0n) is 6.37. The molecule has 2 N–H and O–H groups in total. The fraction of sp³-hybridized carbons (Fsp3) is 0.714. The molecule has 1 aliphatic carbocycles. The molecule has 11 heavy (non-hydrogen) atoms. The molecule has 2 atom stereocenters. The van der Waals surface area contributed by atoms with E-state index in [-0.39, 0.29) is 11.9 Å². The van der Waals surface area contributed by atoms with E-state index in [1.807, 2.05) is 0 Å². The molecule has 1 saturated carbocycles. The highest BCUT2D eigenvalue weighted by Crippen LogP contribution is 2.41. The summed E-state index contributed by atoms with van der Waals surface area (Å²) in [5.74, 6) is 0.456. The van der Waals surface area contributed by atoms with Crippen molar-refractivity contribution in [2.24, 2.45) is 17.6 Å². The largest absolute Gasteiger partial charge is 0.469 e. The van der Waals surface area contributed by atoms with Crippen molar-refractivity contribution in [3.05, 3.63) is 0 Å². The number of methoxy groups -OCH3 is 1. The lowest BCUT2D eigenvalue weighted by Gasteiger charge is -1.96. The van der Waals surface area contributed by atoms with Crippen molar-refractivity contribution in [1.82, 2.24) is 0 Å².